The molecule has 3 aromatic carbocycles. The van der Waals surface area contributed by atoms with Crippen molar-refractivity contribution in [1.29, 1.82) is 0 Å². The van der Waals surface area contributed by atoms with Gasteiger partial charge in [0.2, 0.25) is 0 Å². The first-order valence-corrected chi connectivity index (χ1v) is 9.32. The van der Waals surface area contributed by atoms with E-state index in [1.807, 2.05) is 0 Å². The van der Waals surface area contributed by atoms with Crippen molar-refractivity contribution in [2.45, 2.75) is 32.6 Å². The third-order valence-electron chi connectivity index (χ3n) is 5.75. The molecule has 0 fully saturated rings. The van der Waals surface area contributed by atoms with Gasteiger partial charge >= 0.3 is 0 Å². The summed E-state index contributed by atoms with van der Waals surface area (Å²) in [7, 11) is 0. The highest BCUT2D eigenvalue weighted by molar-refractivity contribution is 5.68. The van der Waals surface area contributed by atoms with E-state index in [1.165, 1.54) is 56.8 Å². The summed E-state index contributed by atoms with van der Waals surface area (Å²) in [4.78, 5) is 0. The van der Waals surface area contributed by atoms with Crippen LogP contribution in [-0.4, -0.2) is 0 Å². The van der Waals surface area contributed by atoms with Gasteiger partial charge in [-0.25, -0.2) is 0 Å². The molecular weight excluding hydrogens is 300 g/mol. The summed E-state index contributed by atoms with van der Waals surface area (Å²) in [5.41, 5.74) is 7.43. The Hall–Kier alpha value is -2.60. The first kappa shape index (κ1) is 14.7. The molecule has 0 heterocycles. The molecule has 5 rings (SSSR count). The van der Waals surface area contributed by atoms with Gasteiger partial charge in [-0.1, -0.05) is 72.3 Å². The molecule has 0 atom stereocenters. The average Bonchev–Trinajstić information content (AvgIpc) is 2.67. The van der Waals surface area contributed by atoms with E-state index in [2.05, 4.69) is 73.7 Å². The van der Waals surface area contributed by atoms with Crippen LogP contribution in [-0.2, 0) is 12.8 Å². The van der Waals surface area contributed by atoms with Gasteiger partial charge in [0.25, 0.3) is 0 Å². The van der Waals surface area contributed by atoms with Crippen molar-refractivity contribution in [3.63, 3.8) is 0 Å². The molecule has 0 bridgehead atoms. The van der Waals surface area contributed by atoms with Crippen LogP contribution in [0.2, 0.25) is 0 Å². The van der Waals surface area contributed by atoms with Crippen LogP contribution in [0.25, 0.3) is 11.6 Å². The van der Waals surface area contributed by atoms with E-state index in [9.17, 15) is 0 Å². The van der Waals surface area contributed by atoms with Crippen LogP contribution in [0.1, 0.15) is 35.1 Å². The summed E-state index contributed by atoms with van der Waals surface area (Å²) in [6, 6.07) is 22.5. The second-order valence-corrected chi connectivity index (χ2v) is 7.31. The number of benzene rings is 3. The van der Waals surface area contributed by atoms with Gasteiger partial charge in [-0.3, -0.25) is 0 Å². The summed E-state index contributed by atoms with van der Waals surface area (Å²) in [5, 5.41) is 5.72. The van der Waals surface area contributed by atoms with Gasteiger partial charge < -0.3 is 0 Å². The SMILES string of the molecule is Cc1cccc(C2=c3ccc4c(c3CCC2)CC=c2ccccc2=4)c1. The number of rotatable bonds is 1. The lowest BCUT2D eigenvalue weighted by Gasteiger charge is -2.21. The van der Waals surface area contributed by atoms with Gasteiger partial charge in [0.15, 0.2) is 0 Å². The average molecular weight is 322 g/mol. The molecule has 0 N–H and O–H groups in total. The Morgan fingerprint density at radius 1 is 0.720 bits per heavy atom. The largest absolute Gasteiger partial charge is 0.0722 e. The fraction of sp³-hybridized carbons (Fsp3) is 0.200. The predicted molar refractivity (Wildman–Crippen MR) is 105 cm³/mol. The van der Waals surface area contributed by atoms with Gasteiger partial charge in [0.05, 0.1) is 0 Å². The Kier molecular flexibility index (Phi) is 3.38. The van der Waals surface area contributed by atoms with Crippen molar-refractivity contribution in [3.8, 4) is 0 Å². The fourth-order valence-electron chi connectivity index (χ4n) is 4.59. The molecule has 0 spiro atoms. The number of fused-ring (bicyclic) bond motifs is 4. The maximum atomic E-state index is 2.40. The molecule has 0 radical (unpaired) electrons. The molecule has 0 aromatic heterocycles. The van der Waals surface area contributed by atoms with E-state index >= 15 is 0 Å². The number of aryl methyl sites for hydroxylation is 1. The molecule has 0 heteroatoms. The molecule has 122 valence electrons. The highest BCUT2D eigenvalue weighted by atomic mass is 14.2. The van der Waals surface area contributed by atoms with E-state index in [0.29, 0.717) is 0 Å². The zero-order valence-electron chi connectivity index (χ0n) is 14.7. The van der Waals surface area contributed by atoms with Gasteiger partial charge in [0, 0.05) is 0 Å². The molecule has 2 aliphatic carbocycles. The summed E-state index contributed by atoms with van der Waals surface area (Å²) in [6.45, 7) is 2.19. The number of hydrogen-bond donors (Lipinski definition) is 0. The maximum absolute atomic E-state index is 2.40. The molecule has 3 aromatic rings. The topological polar surface area (TPSA) is 0 Å². The molecule has 25 heavy (non-hydrogen) atoms. The minimum absolute atomic E-state index is 1.07. The zero-order valence-corrected chi connectivity index (χ0v) is 14.7. The van der Waals surface area contributed by atoms with Gasteiger partial charge in [-0.2, -0.15) is 0 Å². The molecule has 0 nitrogen and oxygen atoms in total. The van der Waals surface area contributed by atoms with Crippen molar-refractivity contribution in [2.75, 3.05) is 0 Å². The Bertz CT molecular complexity index is 1200. The minimum Gasteiger partial charge on any atom is -0.0722 e. The number of hydrogen-bond acceptors (Lipinski definition) is 0. The minimum atomic E-state index is 1.07. The van der Waals surface area contributed by atoms with E-state index in [4.69, 9.17) is 0 Å². The van der Waals surface area contributed by atoms with E-state index in [1.54, 1.807) is 11.1 Å². The predicted octanol–water partition coefficient (Wildman–Crippen LogP) is 4.15. The Balaban J connectivity index is 1.88. The summed E-state index contributed by atoms with van der Waals surface area (Å²) < 4.78 is 0. The van der Waals surface area contributed by atoms with Crippen molar-refractivity contribution >= 4 is 11.6 Å². The van der Waals surface area contributed by atoms with Crippen LogP contribution in [0.4, 0.5) is 0 Å². The quantitative estimate of drug-likeness (QED) is 0.631. The lowest BCUT2D eigenvalue weighted by Crippen LogP contribution is -2.23. The Morgan fingerprint density at radius 3 is 2.52 bits per heavy atom. The third kappa shape index (κ3) is 2.36. The summed E-state index contributed by atoms with van der Waals surface area (Å²) in [5.74, 6) is 0. The van der Waals surface area contributed by atoms with Crippen LogP contribution in [0.5, 0.6) is 0 Å². The Labute approximate surface area is 148 Å². The lowest BCUT2D eigenvalue weighted by atomic mass is 9.83. The monoisotopic (exact) mass is 322 g/mol. The highest BCUT2D eigenvalue weighted by Crippen LogP contribution is 2.26. The standard InChI is InChI=1S/C25H22/c1-17-6-4-8-19(16-17)21-10-5-11-22-24(21)15-14-23-20-9-3-2-7-18(20)12-13-25(22)23/h2-4,6-9,12,14-16H,5,10-11,13H2,1H3. The summed E-state index contributed by atoms with van der Waals surface area (Å²) in [6.07, 6.45) is 7.13. The van der Waals surface area contributed by atoms with Crippen molar-refractivity contribution < 1.29 is 0 Å². The van der Waals surface area contributed by atoms with Crippen LogP contribution < -0.4 is 10.4 Å². The highest BCUT2D eigenvalue weighted by Gasteiger charge is 2.16. The molecule has 0 saturated heterocycles. The first-order chi connectivity index (χ1) is 12.3. The lowest BCUT2D eigenvalue weighted by molar-refractivity contribution is 0.809. The molecule has 0 amide bonds. The van der Waals surface area contributed by atoms with E-state index in [0.717, 1.165) is 6.42 Å². The van der Waals surface area contributed by atoms with Crippen molar-refractivity contribution in [3.05, 3.63) is 104 Å². The van der Waals surface area contributed by atoms with Crippen LogP contribution in [0.15, 0.2) is 60.7 Å². The smallest absolute Gasteiger partial charge is 0.00791 e. The third-order valence-corrected chi connectivity index (χ3v) is 5.75. The molecular formula is C25H22. The van der Waals surface area contributed by atoms with E-state index < -0.39 is 0 Å². The van der Waals surface area contributed by atoms with Crippen molar-refractivity contribution in [1.82, 2.24) is 0 Å². The molecule has 0 aliphatic heterocycles. The molecule has 0 saturated carbocycles. The van der Waals surface area contributed by atoms with Gasteiger partial charge in [-0.05, 0) is 75.7 Å². The van der Waals surface area contributed by atoms with Crippen LogP contribution >= 0.6 is 0 Å². The van der Waals surface area contributed by atoms with Crippen molar-refractivity contribution in [2.24, 2.45) is 0 Å². The second-order valence-electron chi connectivity index (χ2n) is 7.31. The van der Waals surface area contributed by atoms with E-state index in [-0.39, 0.29) is 0 Å². The van der Waals surface area contributed by atoms with Gasteiger partial charge in [0.1, 0.15) is 0 Å². The fourth-order valence-corrected chi connectivity index (χ4v) is 4.59. The summed E-state index contributed by atoms with van der Waals surface area (Å²) >= 11 is 0. The molecule has 0 unspecified atom stereocenters. The van der Waals surface area contributed by atoms with Gasteiger partial charge in [-0.15, -0.1) is 0 Å². The van der Waals surface area contributed by atoms with Crippen LogP contribution in [0.3, 0.4) is 0 Å². The maximum Gasteiger partial charge on any atom is -0.00791 e. The second kappa shape index (κ2) is 5.74. The first-order valence-electron chi connectivity index (χ1n) is 9.32. The normalized spacial score (nSPS) is 15.0. The van der Waals surface area contributed by atoms with Crippen LogP contribution in [0, 0.1) is 17.4 Å². The molecule has 2 aliphatic rings. The Morgan fingerprint density at radius 2 is 1.60 bits per heavy atom. The zero-order chi connectivity index (χ0) is 16.8.